The summed E-state index contributed by atoms with van der Waals surface area (Å²) < 4.78 is 5.10. The molecule has 0 saturated heterocycles. The Kier molecular flexibility index (Phi) is 5.49. The summed E-state index contributed by atoms with van der Waals surface area (Å²) >= 11 is 0. The molecule has 1 aromatic rings. The first kappa shape index (κ1) is 14.4. The number of rotatable bonds is 5. The Balaban J connectivity index is 2.53. The highest BCUT2D eigenvalue weighted by molar-refractivity contribution is 5.74. The van der Waals surface area contributed by atoms with Crippen molar-refractivity contribution >= 4 is 6.03 Å². The lowest BCUT2D eigenvalue weighted by Gasteiger charge is -2.17. The maximum Gasteiger partial charge on any atom is 0.315 e. The average Bonchev–Trinajstić information content (AvgIpc) is 2.38. The number of carbonyl (C=O) groups is 1. The van der Waals surface area contributed by atoms with E-state index in [0.29, 0.717) is 0 Å². The highest BCUT2D eigenvalue weighted by atomic mass is 16.5. The molecule has 0 aliphatic rings. The lowest BCUT2D eigenvalue weighted by molar-refractivity contribution is 0.234. The Labute approximate surface area is 109 Å². The minimum atomic E-state index is -0.132. The SMILES string of the molecule is CC[C@@H](C)NC(=O)N[C@@H](C)c1ccc(OC)cc1. The van der Waals surface area contributed by atoms with E-state index in [-0.39, 0.29) is 18.1 Å². The predicted octanol–water partition coefficient (Wildman–Crippen LogP) is 2.85. The van der Waals surface area contributed by atoms with Crippen LogP contribution < -0.4 is 15.4 Å². The van der Waals surface area contributed by atoms with Gasteiger partial charge in [0.05, 0.1) is 13.2 Å². The van der Waals surface area contributed by atoms with Crippen LogP contribution in [-0.4, -0.2) is 19.2 Å². The van der Waals surface area contributed by atoms with E-state index in [1.54, 1.807) is 7.11 Å². The van der Waals surface area contributed by atoms with Crippen LogP contribution in [0.25, 0.3) is 0 Å². The van der Waals surface area contributed by atoms with Crippen molar-refractivity contribution in [3.63, 3.8) is 0 Å². The van der Waals surface area contributed by atoms with Crippen LogP contribution in [0.1, 0.15) is 38.8 Å². The summed E-state index contributed by atoms with van der Waals surface area (Å²) in [5.41, 5.74) is 1.05. The second kappa shape index (κ2) is 6.89. The van der Waals surface area contributed by atoms with Crippen molar-refractivity contribution in [1.82, 2.24) is 10.6 Å². The third-order valence-corrected chi connectivity index (χ3v) is 2.95. The number of methoxy groups -OCH3 is 1. The van der Waals surface area contributed by atoms with E-state index >= 15 is 0 Å². The van der Waals surface area contributed by atoms with E-state index < -0.39 is 0 Å². The highest BCUT2D eigenvalue weighted by Gasteiger charge is 2.10. The monoisotopic (exact) mass is 250 g/mol. The Hall–Kier alpha value is -1.71. The van der Waals surface area contributed by atoms with Gasteiger partial charge in [0.2, 0.25) is 0 Å². The van der Waals surface area contributed by atoms with Crippen LogP contribution in [0.15, 0.2) is 24.3 Å². The molecule has 0 aromatic heterocycles. The van der Waals surface area contributed by atoms with Crippen LogP contribution in [0.4, 0.5) is 4.79 Å². The molecule has 4 heteroatoms. The van der Waals surface area contributed by atoms with Crippen molar-refractivity contribution in [3.8, 4) is 5.75 Å². The summed E-state index contributed by atoms with van der Waals surface area (Å²) in [6.07, 6.45) is 0.921. The van der Waals surface area contributed by atoms with Crippen molar-refractivity contribution in [2.75, 3.05) is 7.11 Å². The zero-order valence-corrected chi connectivity index (χ0v) is 11.5. The lowest BCUT2D eigenvalue weighted by atomic mass is 10.1. The molecule has 2 atom stereocenters. The smallest absolute Gasteiger partial charge is 0.315 e. The molecular formula is C14H22N2O2. The lowest BCUT2D eigenvalue weighted by Crippen LogP contribution is -2.41. The van der Waals surface area contributed by atoms with Crippen molar-refractivity contribution in [2.24, 2.45) is 0 Å². The van der Waals surface area contributed by atoms with Crippen molar-refractivity contribution in [2.45, 2.75) is 39.3 Å². The number of amides is 2. The fourth-order valence-corrected chi connectivity index (χ4v) is 1.54. The van der Waals surface area contributed by atoms with Gasteiger partial charge in [0.25, 0.3) is 0 Å². The minimum absolute atomic E-state index is 0.0278. The van der Waals surface area contributed by atoms with Gasteiger partial charge in [0, 0.05) is 6.04 Å². The van der Waals surface area contributed by atoms with Crippen molar-refractivity contribution < 1.29 is 9.53 Å². The molecule has 1 aromatic carbocycles. The van der Waals surface area contributed by atoms with Gasteiger partial charge >= 0.3 is 6.03 Å². The summed E-state index contributed by atoms with van der Waals surface area (Å²) in [6.45, 7) is 5.98. The van der Waals surface area contributed by atoms with E-state index in [0.717, 1.165) is 17.7 Å². The van der Waals surface area contributed by atoms with Gasteiger partial charge in [-0.25, -0.2) is 4.79 Å². The molecule has 100 valence electrons. The second-order valence-corrected chi connectivity index (χ2v) is 4.42. The second-order valence-electron chi connectivity index (χ2n) is 4.42. The van der Waals surface area contributed by atoms with Gasteiger partial charge in [0.15, 0.2) is 0 Å². The van der Waals surface area contributed by atoms with Crippen LogP contribution in [0.5, 0.6) is 5.75 Å². The maximum absolute atomic E-state index is 11.7. The molecule has 1 rings (SSSR count). The third-order valence-electron chi connectivity index (χ3n) is 2.95. The average molecular weight is 250 g/mol. The number of ether oxygens (including phenoxy) is 1. The summed E-state index contributed by atoms with van der Waals surface area (Å²) in [5, 5.41) is 5.79. The Morgan fingerprint density at radius 3 is 2.33 bits per heavy atom. The summed E-state index contributed by atoms with van der Waals surface area (Å²) in [7, 11) is 1.64. The van der Waals surface area contributed by atoms with E-state index in [2.05, 4.69) is 10.6 Å². The molecule has 0 heterocycles. The van der Waals surface area contributed by atoms with Gasteiger partial charge < -0.3 is 15.4 Å². The first-order valence-electron chi connectivity index (χ1n) is 6.27. The van der Waals surface area contributed by atoms with Gasteiger partial charge in [-0.1, -0.05) is 19.1 Å². The number of carbonyl (C=O) groups excluding carboxylic acids is 1. The molecule has 0 unspecified atom stereocenters. The molecule has 2 N–H and O–H groups in total. The van der Waals surface area contributed by atoms with Gasteiger partial charge in [-0.05, 0) is 38.0 Å². The van der Waals surface area contributed by atoms with E-state index in [1.165, 1.54) is 0 Å². The standard InChI is InChI=1S/C14H22N2O2/c1-5-10(2)15-14(17)16-11(3)12-6-8-13(18-4)9-7-12/h6-11H,5H2,1-4H3,(H2,15,16,17)/t10-,11+/m1/s1. The van der Waals surface area contributed by atoms with Gasteiger partial charge in [-0.2, -0.15) is 0 Å². The third kappa shape index (κ3) is 4.28. The molecule has 0 aliphatic carbocycles. The first-order chi connectivity index (χ1) is 8.56. The molecule has 0 fully saturated rings. The minimum Gasteiger partial charge on any atom is -0.497 e. The van der Waals surface area contributed by atoms with Gasteiger partial charge in [-0.15, -0.1) is 0 Å². The Morgan fingerprint density at radius 1 is 1.22 bits per heavy atom. The molecule has 0 aliphatic heterocycles. The number of benzene rings is 1. The van der Waals surface area contributed by atoms with Gasteiger partial charge in [0.1, 0.15) is 5.75 Å². The van der Waals surface area contributed by atoms with E-state index in [9.17, 15) is 4.79 Å². The van der Waals surface area contributed by atoms with Crippen LogP contribution in [0, 0.1) is 0 Å². The first-order valence-corrected chi connectivity index (χ1v) is 6.27. The molecular weight excluding hydrogens is 228 g/mol. The topological polar surface area (TPSA) is 50.4 Å². The van der Waals surface area contributed by atoms with Crippen molar-refractivity contribution in [1.29, 1.82) is 0 Å². The van der Waals surface area contributed by atoms with Crippen molar-refractivity contribution in [3.05, 3.63) is 29.8 Å². The maximum atomic E-state index is 11.7. The molecule has 0 radical (unpaired) electrons. The molecule has 0 saturated carbocycles. The van der Waals surface area contributed by atoms with Crippen LogP contribution in [-0.2, 0) is 0 Å². The number of urea groups is 1. The Bertz CT molecular complexity index is 376. The molecule has 18 heavy (non-hydrogen) atoms. The number of nitrogens with one attached hydrogen (secondary N) is 2. The highest BCUT2D eigenvalue weighted by Crippen LogP contribution is 2.16. The summed E-state index contributed by atoms with van der Waals surface area (Å²) in [6, 6.07) is 7.71. The van der Waals surface area contributed by atoms with Crippen LogP contribution >= 0.6 is 0 Å². The molecule has 4 nitrogen and oxygen atoms in total. The van der Waals surface area contributed by atoms with Crippen LogP contribution in [0.3, 0.4) is 0 Å². The molecule has 2 amide bonds. The van der Waals surface area contributed by atoms with E-state index in [4.69, 9.17) is 4.74 Å². The van der Waals surface area contributed by atoms with E-state index in [1.807, 2.05) is 45.0 Å². The zero-order valence-electron chi connectivity index (χ0n) is 11.5. The fraction of sp³-hybridized carbons (Fsp3) is 0.500. The molecule has 0 bridgehead atoms. The van der Waals surface area contributed by atoms with Gasteiger partial charge in [-0.3, -0.25) is 0 Å². The summed E-state index contributed by atoms with van der Waals surface area (Å²) in [5.74, 6) is 0.815. The molecule has 0 spiro atoms. The summed E-state index contributed by atoms with van der Waals surface area (Å²) in [4.78, 5) is 11.7. The normalized spacial score (nSPS) is 13.6. The predicted molar refractivity (Wildman–Crippen MR) is 72.8 cm³/mol. The fourth-order valence-electron chi connectivity index (χ4n) is 1.54. The largest absolute Gasteiger partial charge is 0.497 e. The van der Waals surface area contributed by atoms with Crippen LogP contribution in [0.2, 0.25) is 0 Å². The number of hydrogen-bond acceptors (Lipinski definition) is 2. The Morgan fingerprint density at radius 2 is 1.83 bits per heavy atom. The zero-order chi connectivity index (χ0) is 13.5. The quantitative estimate of drug-likeness (QED) is 0.844. The number of hydrogen-bond donors (Lipinski definition) is 2.